The Labute approximate surface area is 203 Å². The molecule has 2 heterocycles. The Kier molecular flexibility index (Phi) is 6.79. The number of ether oxygens (including phenoxy) is 2. The third-order valence-corrected chi connectivity index (χ3v) is 6.58. The van der Waals surface area contributed by atoms with Gasteiger partial charge in [0, 0.05) is 16.9 Å². The Morgan fingerprint density at radius 1 is 1.09 bits per heavy atom. The topological polar surface area (TPSA) is 80.2 Å². The highest BCUT2D eigenvalue weighted by Crippen LogP contribution is 2.46. The number of hydrogen-bond donors (Lipinski definition) is 1. The molecule has 1 N–H and O–H groups in total. The summed E-state index contributed by atoms with van der Waals surface area (Å²) in [5.74, 6) is 0.0220. The van der Waals surface area contributed by atoms with Gasteiger partial charge in [0.05, 0.1) is 38.0 Å². The lowest BCUT2D eigenvalue weighted by Crippen LogP contribution is -2.37. The summed E-state index contributed by atoms with van der Waals surface area (Å²) < 4.78 is 10.7. The van der Waals surface area contributed by atoms with E-state index in [1.54, 1.807) is 14.0 Å². The average molecular weight is 478 g/mol. The lowest BCUT2D eigenvalue weighted by atomic mass is 9.93. The first-order valence-electron chi connectivity index (χ1n) is 10.9. The molecule has 176 valence electrons. The minimum atomic E-state index is -0.536. The molecule has 8 heteroatoms. The Hall–Kier alpha value is -3.52. The molecule has 0 saturated carbocycles. The smallest absolute Gasteiger partial charge is 0.338 e. The van der Waals surface area contributed by atoms with E-state index in [-0.39, 0.29) is 12.3 Å². The number of carbonyl (C=O) groups is 2. The second-order valence-corrected chi connectivity index (χ2v) is 9.06. The van der Waals surface area contributed by atoms with E-state index < -0.39 is 12.0 Å². The summed E-state index contributed by atoms with van der Waals surface area (Å²) >= 11 is 1.43. The van der Waals surface area contributed by atoms with Crippen molar-refractivity contribution in [1.29, 1.82) is 0 Å². The normalized spacial score (nSPS) is 17.1. The standard InChI is InChI=1S/C26H27N3O4S/c1-15-10-16(2)12-18(11-15)28-22(30)13-19-14-34-26-27-17(3)23(25(31)33-5)24(29(19)26)20-8-6-7-9-21(20)32-4/h6-12,14,24H,13H2,1-5H3,(H,28,30). The molecule has 0 bridgehead atoms. The number of hydrogen-bond acceptors (Lipinski definition) is 7. The first kappa shape index (κ1) is 23.6. The maximum atomic E-state index is 13.0. The second kappa shape index (κ2) is 9.77. The molecule has 1 unspecified atom stereocenters. The highest BCUT2D eigenvalue weighted by molar-refractivity contribution is 8.16. The van der Waals surface area contributed by atoms with Crippen molar-refractivity contribution in [2.45, 2.75) is 33.2 Å². The number of rotatable bonds is 6. The largest absolute Gasteiger partial charge is 0.496 e. The number of nitrogens with one attached hydrogen (secondary N) is 1. The van der Waals surface area contributed by atoms with Gasteiger partial charge in [-0.3, -0.25) is 4.79 Å². The van der Waals surface area contributed by atoms with Crippen LogP contribution < -0.4 is 10.1 Å². The van der Waals surface area contributed by atoms with Crippen LogP contribution in [0.15, 0.2) is 69.8 Å². The number of allylic oxidation sites excluding steroid dienone is 1. The predicted octanol–water partition coefficient (Wildman–Crippen LogP) is 5.09. The van der Waals surface area contributed by atoms with Gasteiger partial charge in [0.15, 0.2) is 5.17 Å². The van der Waals surface area contributed by atoms with Gasteiger partial charge in [0.1, 0.15) is 5.75 Å². The number of esters is 1. The van der Waals surface area contributed by atoms with Crippen molar-refractivity contribution in [3.63, 3.8) is 0 Å². The number of amides is 1. The summed E-state index contributed by atoms with van der Waals surface area (Å²) in [6, 6.07) is 12.9. The van der Waals surface area contributed by atoms with Gasteiger partial charge >= 0.3 is 5.97 Å². The molecule has 2 aromatic rings. The molecule has 1 amide bonds. The van der Waals surface area contributed by atoms with Crippen molar-refractivity contribution < 1.29 is 19.1 Å². The number of thioether (sulfide) groups is 1. The maximum absolute atomic E-state index is 13.0. The number of anilines is 1. The fraction of sp³-hybridized carbons (Fsp3) is 0.269. The van der Waals surface area contributed by atoms with E-state index in [2.05, 4.69) is 16.4 Å². The fourth-order valence-electron chi connectivity index (χ4n) is 4.34. The van der Waals surface area contributed by atoms with Crippen molar-refractivity contribution in [2.75, 3.05) is 19.5 Å². The number of benzene rings is 2. The number of fused-ring (bicyclic) bond motifs is 1. The summed E-state index contributed by atoms with van der Waals surface area (Å²) in [4.78, 5) is 32.5. The summed E-state index contributed by atoms with van der Waals surface area (Å²) in [5.41, 5.74) is 5.45. The van der Waals surface area contributed by atoms with Crippen LogP contribution >= 0.6 is 11.8 Å². The van der Waals surface area contributed by atoms with E-state index in [0.717, 1.165) is 28.1 Å². The van der Waals surface area contributed by atoms with Crippen LogP contribution in [-0.4, -0.2) is 36.2 Å². The third kappa shape index (κ3) is 4.59. The van der Waals surface area contributed by atoms with Crippen LogP contribution in [0.25, 0.3) is 0 Å². The number of methoxy groups -OCH3 is 2. The number of nitrogens with zero attached hydrogens (tertiary/aromatic N) is 2. The Morgan fingerprint density at radius 3 is 2.47 bits per heavy atom. The second-order valence-electron chi connectivity index (χ2n) is 8.23. The van der Waals surface area contributed by atoms with Gasteiger partial charge in [-0.1, -0.05) is 36.0 Å². The number of para-hydroxylation sites is 1. The fourth-order valence-corrected chi connectivity index (χ4v) is 5.31. The van der Waals surface area contributed by atoms with Gasteiger partial charge in [-0.25, -0.2) is 9.79 Å². The van der Waals surface area contributed by atoms with E-state index in [1.807, 2.05) is 60.6 Å². The third-order valence-electron chi connectivity index (χ3n) is 5.69. The van der Waals surface area contributed by atoms with Crippen LogP contribution in [0.3, 0.4) is 0 Å². The van der Waals surface area contributed by atoms with Crippen molar-refractivity contribution in [2.24, 2.45) is 4.99 Å². The molecule has 0 saturated heterocycles. The van der Waals surface area contributed by atoms with Gasteiger partial charge in [-0.15, -0.1) is 0 Å². The number of aryl methyl sites for hydroxylation is 2. The van der Waals surface area contributed by atoms with Gasteiger partial charge in [0.25, 0.3) is 0 Å². The molecular formula is C26H27N3O4S. The van der Waals surface area contributed by atoms with Gasteiger partial charge < -0.3 is 19.7 Å². The molecule has 2 aromatic carbocycles. The zero-order chi connectivity index (χ0) is 24.4. The van der Waals surface area contributed by atoms with E-state index in [1.165, 1.54) is 18.9 Å². The van der Waals surface area contributed by atoms with Crippen LogP contribution in [0, 0.1) is 13.8 Å². The van der Waals surface area contributed by atoms with Crippen LogP contribution in [0.5, 0.6) is 5.75 Å². The van der Waals surface area contributed by atoms with Crippen LogP contribution in [-0.2, 0) is 14.3 Å². The SMILES string of the molecule is COC(=O)C1=C(C)N=C2SC=C(CC(=O)Nc3cc(C)cc(C)c3)N2C1c1ccccc1OC. The maximum Gasteiger partial charge on any atom is 0.338 e. The van der Waals surface area contributed by atoms with E-state index in [0.29, 0.717) is 22.2 Å². The Balaban J connectivity index is 1.69. The molecular weight excluding hydrogens is 450 g/mol. The molecule has 0 aliphatic carbocycles. The zero-order valence-electron chi connectivity index (χ0n) is 19.8. The van der Waals surface area contributed by atoms with Crippen LogP contribution in [0.4, 0.5) is 5.69 Å². The predicted molar refractivity (Wildman–Crippen MR) is 135 cm³/mol. The minimum Gasteiger partial charge on any atom is -0.496 e. The number of amidine groups is 1. The molecule has 1 atom stereocenters. The Morgan fingerprint density at radius 2 is 1.79 bits per heavy atom. The van der Waals surface area contributed by atoms with Crippen LogP contribution in [0.2, 0.25) is 0 Å². The molecule has 0 fully saturated rings. The molecule has 2 aliphatic heterocycles. The first-order chi connectivity index (χ1) is 16.3. The number of aliphatic imine (C=N–C) groups is 1. The van der Waals surface area contributed by atoms with E-state index >= 15 is 0 Å². The molecule has 0 aromatic heterocycles. The monoisotopic (exact) mass is 477 g/mol. The molecule has 0 spiro atoms. The summed E-state index contributed by atoms with van der Waals surface area (Å²) in [5, 5.41) is 5.61. The minimum absolute atomic E-state index is 0.123. The van der Waals surface area contributed by atoms with E-state index in [9.17, 15) is 9.59 Å². The molecule has 34 heavy (non-hydrogen) atoms. The summed E-state index contributed by atoms with van der Waals surface area (Å²) in [6.07, 6.45) is 0.123. The quantitative estimate of drug-likeness (QED) is 0.584. The van der Waals surface area contributed by atoms with E-state index in [4.69, 9.17) is 9.47 Å². The van der Waals surface area contributed by atoms with Crippen molar-refractivity contribution >= 4 is 34.5 Å². The number of carbonyl (C=O) groups excluding carboxylic acids is 2. The molecule has 0 radical (unpaired) electrons. The molecule has 4 rings (SSSR count). The highest BCUT2D eigenvalue weighted by atomic mass is 32.2. The van der Waals surface area contributed by atoms with Gasteiger partial charge in [-0.2, -0.15) is 0 Å². The highest BCUT2D eigenvalue weighted by Gasteiger charge is 2.42. The lowest BCUT2D eigenvalue weighted by molar-refractivity contribution is -0.136. The summed E-state index contributed by atoms with van der Waals surface area (Å²) in [7, 11) is 2.95. The molecule has 2 aliphatic rings. The van der Waals surface area contributed by atoms with Gasteiger partial charge in [0.2, 0.25) is 5.91 Å². The van der Waals surface area contributed by atoms with Crippen LogP contribution in [0.1, 0.15) is 36.1 Å². The van der Waals surface area contributed by atoms with Gasteiger partial charge in [-0.05, 0) is 55.5 Å². The summed E-state index contributed by atoms with van der Waals surface area (Å²) in [6.45, 7) is 5.79. The first-order valence-corrected chi connectivity index (χ1v) is 11.7. The lowest BCUT2D eigenvalue weighted by Gasteiger charge is -2.36. The van der Waals surface area contributed by atoms with Crippen molar-refractivity contribution in [3.05, 3.63) is 81.5 Å². The Bertz CT molecular complexity index is 1230. The van der Waals surface area contributed by atoms with Crippen molar-refractivity contribution in [1.82, 2.24) is 4.90 Å². The zero-order valence-corrected chi connectivity index (χ0v) is 20.7. The van der Waals surface area contributed by atoms with Crippen molar-refractivity contribution in [3.8, 4) is 5.75 Å². The molecule has 7 nitrogen and oxygen atoms in total. The average Bonchev–Trinajstić information content (AvgIpc) is 3.18.